The Morgan fingerprint density at radius 3 is 2.06 bits per heavy atom. The van der Waals surface area contributed by atoms with Crippen LogP contribution in [0, 0.1) is 0 Å². The van der Waals surface area contributed by atoms with Crippen LogP contribution in [-0.2, 0) is 0 Å². The number of benzene rings is 2. The summed E-state index contributed by atoms with van der Waals surface area (Å²) in [6.07, 6.45) is 0. The van der Waals surface area contributed by atoms with Crippen LogP contribution < -0.4 is 10.6 Å². The van der Waals surface area contributed by atoms with Gasteiger partial charge in [-0.3, -0.25) is 0 Å². The smallest absolute Gasteiger partial charge is 0.423 e. The van der Waals surface area contributed by atoms with Crippen molar-refractivity contribution in [2.75, 3.05) is 0 Å². The van der Waals surface area contributed by atoms with Crippen molar-refractivity contribution in [1.29, 1.82) is 0 Å². The first-order chi connectivity index (χ1) is 7.88. The molecule has 0 aliphatic carbocycles. The van der Waals surface area contributed by atoms with Crippen molar-refractivity contribution >= 4 is 36.6 Å². The molecule has 4 heteroatoms. The Balaban J connectivity index is 2.54. The molecule has 0 fully saturated rings. The van der Waals surface area contributed by atoms with Gasteiger partial charge < -0.3 is 10.0 Å². The van der Waals surface area contributed by atoms with E-state index in [4.69, 9.17) is 10.0 Å². The van der Waals surface area contributed by atoms with Crippen molar-refractivity contribution in [3.63, 3.8) is 0 Å². The van der Waals surface area contributed by atoms with Crippen molar-refractivity contribution in [2.24, 2.45) is 0 Å². The maximum atomic E-state index is 9.13. The molecule has 0 aliphatic rings. The minimum Gasteiger partial charge on any atom is -0.423 e. The first kappa shape index (κ1) is 12.4. The lowest BCUT2D eigenvalue weighted by Gasteiger charge is -2.17. The van der Waals surface area contributed by atoms with Crippen molar-refractivity contribution in [1.82, 2.24) is 0 Å². The van der Waals surface area contributed by atoms with Crippen LogP contribution in [0.3, 0.4) is 0 Å². The first-order valence-corrected chi connectivity index (χ1v) is 9.28. The van der Waals surface area contributed by atoms with Gasteiger partial charge in [0.2, 0.25) is 0 Å². The number of rotatable bonds is 2. The van der Waals surface area contributed by atoms with E-state index < -0.39 is 15.2 Å². The van der Waals surface area contributed by atoms with E-state index in [0.717, 1.165) is 10.8 Å². The van der Waals surface area contributed by atoms with Crippen LogP contribution in [0.25, 0.3) is 10.8 Å². The summed E-state index contributed by atoms with van der Waals surface area (Å²) in [5.41, 5.74) is 0.540. The predicted molar refractivity (Wildman–Crippen MR) is 76.8 cm³/mol. The van der Waals surface area contributed by atoms with Gasteiger partial charge in [-0.25, -0.2) is 0 Å². The first-order valence-electron chi connectivity index (χ1n) is 5.78. The highest BCUT2D eigenvalue weighted by atomic mass is 28.3. The van der Waals surface area contributed by atoms with Gasteiger partial charge in [0.1, 0.15) is 0 Å². The van der Waals surface area contributed by atoms with Crippen molar-refractivity contribution in [3.05, 3.63) is 36.4 Å². The van der Waals surface area contributed by atoms with E-state index in [0.29, 0.717) is 5.46 Å². The molecule has 2 nitrogen and oxygen atoms in total. The third-order valence-electron chi connectivity index (χ3n) is 3.03. The quantitative estimate of drug-likeness (QED) is 0.776. The molecule has 0 aromatic heterocycles. The fourth-order valence-electron chi connectivity index (χ4n) is 1.89. The molecule has 2 aromatic carbocycles. The van der Waals surface area contributed by atoms with Crippen LogP contribution in [0.2, 0.25) is 19.6 Å². The van der Waals surface area contributed by atoms with Crippen LogP contribution in [0.1, 0.15) is 0 Å². The Morgan fingerprint density at radius 2 is 1.47 bits per heavy atom. The fraction of sp³-hybridized carbons (Fsp3) is 0.231. The zero-order valence-corrected chi connectivity index (χ0v) is 11.4. The molecule has 0 bridgehead atoms. The number of hydrogen-bond donors (Lipinski definition) is 2. The molecule has 0 saturated heterocycles. The molecular formula is C13H17BO2Si. The second-order valence-corrected chi connectivity index (χ2v) is 10.5. The average Bonchev–Trinajstić information content (AvgIpc) is 2.26. The van der Waals surface area contributed by atoms with E-state index in [-0.39, 0.29) is 0 Å². The lowest BCUT2D eigenvalue weighted by molar-refractivity contribution is 0.426. The van der Waals surface area contributed by atoms with E-state index in [2.05, 4.69) is 37.8 Å². The third-order valence-corrected chi connectivity index (χ3v) is 5.07. The average molecular weight is 244 g/mol. The Morgan fingerprint density at radius 1 is 0.882 bits per heavy atom. The normalized spacial score (nSPS) is 11.8. The van der Waals surface area contributed by atoms with E-state index in [1.165, 1.54) is 5.19 Å². The van der Waals surface area contributed by atoms with Crippen LogP contribution in [0.4, 0.5) is 0 Å². The molecule has 2 rings (SSSR count). The molecule has 0 saturated carbocycles. The van der Waals surface area contributed by atoms with Gasteiger partial charge in [0.05, 0.1) is 8.07 Å². The van der Waals surface area contributed by atoms with Gasteiger partial charge in [-0.05, 0) is 16.2 Å². The highest BCUT2D eigenvalue weighted by molar-refractivity contribution is 6.88. The van der Waals surface area contributed by atoms with Crippen LogP contribution in [0.15, 0.2) is 36.4 Å². The van der Waals surface area contributed by atoms with E-state index in [9.17, 15) is 0 Å². The minimum absolute atomic E-state index is 0.540. The van der Waals surface area contributed by atoms with E-state index >= 15 is 0 Å². The molecule has 2 aromatic rings. The maximum Gasteiger partial charge on any atom is 0.488 e. The van der Waals surface area contributed by atoms with Gasteiger partial charge >= 0.3 is 7.12 Å². The zero-order valence-electron chi connectivity index (χ0n) is 10.4. The summed E-state index contributed by atoms with van der Waals surface area (Å²) in [5, 5.41) is 21.9. The van der Waals surface area contributed by atoms with Gasteiger partial charge in [-0.1, -0.05) is 61.2 Å². The molecular weight excluding hydrogens is 227 g/mol. The zero-order chi connectivity index (χ0) is 12.6. The Kier molecular flexibility index (Phi) is 3.12. The minimum atomic E-state index is -1.39. The summed E-state index contributed by atoms with van der Waals surface area (Å²) in [7, 11) is -2.68. The third kappa shape index (κ3) is 2.60. The molecule has 0 atom stereocenters. The fourth-order valence-corrected chi connectivity index (χ4v) is 3.06. The topological polar surface area (TPSA) is 40.5 Å². The maximum absolute atomic E-state index is 9.13. The molecule has 0 aliphatic heterocycles. The Labute approximate surface area is 103 Å². The second-order valence-electron chi connectivity index (χ2n) is 5.45. The Hall–Kier alpha value is -1.10. The summed E-state index contributed by atoms with van der Waals surface area (Å²) in [5.74, 6) is 0. The van der Waals surface area contributed by atoms with Crippen molar-refractivity contribution < 1.29 is 10.0 Å². The second kappa shape index (κ2) is 4.29. The summed E-state index contributed by atoms with van der Waals surface area (Å²) >= 11 is 0. The highest BCUT2D eigenvalue weighted by Gasteiger charge is 2.17. The van der Waals surface area contributed by atoms with Crippen LogP contribution >= 0.6 is 0 Å². The van der Waals surface area contributed by atoms with Crippen LogP contribution in [-0.4, -0.2) is 25.2 Å². The van der Waals surface area contributed by atoms with Crippen LogP contribution in [0.5, 0.6) is 0 Å². The summed E-state index contributed by atoms with van der Waals surface area (Å²) in [6.45, 7) is 6.96. The summed E-state index contributed by atoms with van der Waals surface area (Å²) in [4.78, 5) is 0. The van der Waals surface area contributed by atoms with E-state index in [1.807, 2.05) is 12.1 Å². The number of hydrogen-bond acceptors (Lipinski definition) is 2. The molecule has 2 N–H and O–H groups in total. The van der Waals surface area contributed by atoms with Gasteiger partial charge in [0, 0.05) is 0 Å². The lowest BCUT2D eigenvalue weighted by Crippen LogP contribution is -2.37. The Bertz CT molecular complexity index is 547. The van der Waals surface area contributed by atoms with Gasteiger partial charge in [-0.15, -0.1) is 0 Å². The highest BCUT2D eigenvalue weighted by Crippen LogP contribution is 2.13. The molecule has 0 amide bonds. The monoisotopic (exact) mass is 244 g/mol. The van der Waals surface area contributed by atoms with Gasteiger partial charge in [-0.2, -0.15) is 0 Å². The summed E-state index contributed by atoms with van der Waals surface area (Å²) < 4.78 is 0. The molecule has 0 spiro atoms. The standard InChI is InChI=1S/C13H17BO2Si/c1-17(2,3)13-7-5-10-8-12(14(15)16)6-4-11(10)9-13/h4-9,15-16H,1-3H3. The van der Waals surface area contributed by atoms with E-state index in [1.54, 1.807) is 6.07 Å². The lowest BCUT2D eigenvalue weighted by atomic mass is 9.79. The largest absolute Gasteiger partial charge is 0.488 e. The van der Waals surface area contributed by atoms with Gasteiger partial charge in [0.25, 0.3) is 0 Å². The van der Waals surface area contributed by atoms with Gasteiger partial charge in [0.15, 0.2) is 0 Å². The SMILES string of the molecule is C[Si](C)(C)c1ccc2cc(B(O)O)ccc2c1. The van der Waals surface area contributed by atoms with Crippen molar-refractivity contribution in [3.8, 4) is 0 Å². The molecule has 0 heterocycles. The van der Waals surface area contributed by atoms with Crippen molar-refractivity contribution in [2.45, 2.75) is 19.6 Å². The molecule has 0 unspecified atom stereocenters. The number of fused-ring (bicyclic) bond motifs is 1. The molecule has 0 radical (unpaired) electrons. The predicted octanol–water partition coefficient (Wildman–Crippen LogP) is 1.06. The molecule has 17 heavy (non-hydrogen) atoms. The summed E-state index contributed by atoms with van der Waals surface area (Å²) in [6, 6.07) is 12.0. The molecule has 88 valence electrons.